The predicted molar refractivity (Wildman–Crippen MR) is 117 cm³/mol. The summed E-state index contributed by atoms with van der Waals surface area (Å²) >= 11 is 0. The summed E-state index contributed by atoms with van der Waals surface area (Å²) in [6.45, 7) is 0.247. The van der Waals surface area contributed by atoms with Gasteiger partial charge in [-0.15, -0.1) is 0 Å². The average molecular weight is 449 g/mol. The van der Waals surface area contributed by atoms with Gasteiger partial charge in [-0.05, 0) is 49.2 Å². The van der Waals surface area contributed by atoms with Gasteiger partial charge in [0.25, 0.3) is 5.89 Å². The first kappa shape index (κ1) is 21.2. The normalized spacial score (nSPS) is 20.1. The lowest BCUT2D eigenvalue weighted by atomic mass is 9.81. The molecule has 0 radical (unpaired) electrons. The largest absolute Gasteiger partial charge is 0.341 e. The van der Waals surface area contributed by atoms with Crippen LogP contribution in [0.4, 0.5) is 10.1 Å². The molecule has 170 valence electrons. The van der Waals surface area contributed by atoms with Crippen molar-refractivity contribution in [2.24, 2.45) is 5.92 Å². The molecular weight excluding hydrogens is 425 g/mol. The van der Waals surface area contributed by atoms with Crippen molar-refractivity contribution in [1.29, 1.82) is 0 Å². The number of carbonyl (C=O) groups is 2. The highest BCUT2D eigenvalue weighted by atomic mass is 19.1. The summed E-state index contributed by atoms with van der Waals surface area (Å²) in [6, 6.07) is 9.36. The van der Waals surface area contributed by atoms with E-state index in [2.05, 4.69) is 20.4 Å². The van der Waals surface area contributed by atoms with E-state index in [-0.39, 0.29) is 30.6 Å². The Bertz CT molecular complexity index is 1140. The minimum absolute atomic E-state index is 0.101. The van der Waals surface area contributed by atoms with E-state index in [0.29, 0.717) is 30.2 Å². The lowest BCUT2D eigenvalue weighted by Gasteiger charge is -2.35. The standard InChI is InChI=1S/C24H24FN5O3/c25-18-6-8-19(9-7-18)30-15-17(13-20(30)31)22(32)28-24(10-2-1-3-11-24)23-27-21(29-33-23)16-5-4-12-26-14-16/h4-9,12,14,17H,1-3,10-11,13,15H2,(H,28,32)/t17-/m1/s1. The van der Waals surface area contributed by atoms with Gasteiger partial charge in [-0.2, -0.15) is 4.98 Å². The highest BCUT2D eigenvalue weighted by molar-refractivity contribution is 6.00. The molecule has 1 aliphatic heterocycles. The molecule has 2 amide bonds. The summed E-state index contributed by atoms with van der Waals surface area (Å²) in [5.74, 6) is -0.441. The van der Waals surface area contributed by atoms with Crippen LogP contribution in [0.2, 0.25) is 0 Å². The van der Waals surface area contributed by atoms with Crippen LogP contribution in [0.25, 0.3) is 11.4 Å². The molecule has 0 spiro atoms. The van der Waals surface area contributed by atoms with Gasteiger partial charge < -0.3 is 14.7 Å². The number of hydrogen-bond donors (Lipinski definition) is 1. The molecule has 1 N–H and O–H groups in total. The van der Waals surface area contributed by atoms with E-state index >= 15 is 0 Å². The van der Waals surface area contributed by atoms with Crippen molar-refractivity contribution >= 4 is 17.5 Å². The minimum atomic E-state index is -0.755. The van der Waals surface area contributed by atoms with Crippen molar-refractivity contribution < 1.29 is 18.5 Å². The summed E-state index contributed by atoms with van der Waals surface area (Å²) in [4.78, 5) is 36.1. The Hall–Kier alpha value is -3.62. The monoisotopic (exact) mass is 449 g/mol. The van der Waals surface area contributed by atoms with E-state index in [1.54, 1.807) is 30.6 Å². The van der Waals surface area contributed by atoms with Gasteiger partial charge in [0.15, 0.2) is 0 Å². The molecule has 2 aliphatic rings. The zero-order valence-corrected chi connectivity index (χ0v) is 18.0. The van der Waals surface area contributed by atoms with Crippen LogP contribution in [-0.4, -0.2) is 33.5 Å². The summed E-state index contributed by atoms with van der Waals surface area (Å²) in [7, 11) is 0. The Morgan fingerprint density at radius 2 is 1.94 bits per heavy atom. The molecule has 8 nitrogen and oxygen atoms in total. The molecule has 1 aliphatic carbocycles. The quantitative estimate of drug-likeness (QED) is 0.639. The number of amides is 2. The third-order valence-corrected chi connectivity index (χ3v) is 6.46. The number of nitrogens with one attached hydrogen (secondary N) is 1. The molecule has 1 saturated carbocycles. The number of aromatic nitrogens is 3. The van der Waals surface area contributed by atoms with Crippen LogP contribution >= 0.6 is 0 Å². The lowest BCUT2D eigenvalue weighted by Crippen LogP contribution is -2.50. The maximum absolute atomic E-state index is 13.3. The molecule has 0 bridgehead atoms. The van der Waals surface area contributed by atoms with Gasteiger partial charge in [-0.1, -0.05) is 24.4 Å². The number of rotatable bonds is 5. The van der Waals surface area contributed by atoms with Gasteiger partial charge in [0.05, 0.1) is 5.92 Å². The summed E-state index contributed by atoms with van der Waals surface area (Å²) in [5.41, 5.74) is 0.568. The van der Waals surface area contributed by atoms with E-state index in [1.807, 2.05) is 6.07 Å². The number of carbonyl (C=O) groups excluding carboxylic acids is 2. The summed E-state index contributed by atoms with van der Waals surface area (Å²) in [5, 5.41) is 7.28. The second kappa shape index (κ2) is 8.73. The van der Waals surface area contributed by atoms with E-state index in [4.69, 9.17) is 4.52 Å². The van der Waals surface area contributed by atoms with Crippen molar-refractivity contribution in [3.8, 4) is 11.4 Å². The van der Waals surface area contributed by atoms with E-state index in [9.17, 15) is 14.0 Å². The molecule has 1 saturated heterocycles. The van der Waals surface area contributed by atoms with Crippen molar-refractivity contribution in [2.45, 2.75) is 44.1 Å². The molecule has 9 heteroatoms. The SMILES string of the molecule is O=C(NC1(c2nc(-c3cccnc3)no2)CCCCC1)[C@@H]1CC(=O)N(c2ccc(F)cc2)C1. The third kappa shape index (κ3) is 4.22. The number of anilines is 1. The number of pyridine rings is 1. The number of nitrogens with zero attached hydrogens (tertiary/aromatic N) is 4. The van der Waals surface area contributed by atoms with Crippen LogP contribution in [-0.2, 0) is 15.1 Å². The van der Waals surface area contributed by atoms with Gasteiger partial charge in [-0.25, -0.2) is 4.39 Å². The Morgan fingerprint density at radius 3 is 2.67 bits per heavy atom. The fraction of sp³-hybridized carbons (Fsp3) is 0.375. The first-order valence-electron chi connectivity index (χ1n) is 11.2. The smallest absolute Gasteiger partial charge is 0.252 e. The highest BCUT2D eigenvalue weighted by Gasteiger charge is 2.44. The van der Waals surface area contributed by atoms with Crippen LogP contribution in [0.15, 0.2) is 53.3 Å². The minimum Gasteiger partial charge on any atom is -0.341 e. The van der Waals surface area contributed by atoms with E-state index < -0.39 is 11.5 Å². The molecular formula is C24H24FN5O3. The van der Waals surface area contributed by atoms with E-state index in [0.717, 1.165) is 24.8 Å². The van der Waals surface area contributed by atoms with Gasteiger partial charge in [0.2, 0.25) is 17.6 Å². The van der Waals surface area contributed by atoms with Crippen molar-refractivity contribution in [3.05, 3.63) is 60.5 Å². The van der Waals surface area contributed by atoms with Gasteiger partial charge in [0, 0.05) is 36.6 Å². The van der Waals surface area contributed by atoms with Gasteiger partial charge in [-0.3, -0.25) is 14.6 Å². The zero-order valence-electron chi connectivity index (χ0n) is 18.0. The zero-order chi connectivity index (χ0) is 22.8. The maximum Gasteiger partial charge on any atom is 0.252 e. The fourth-order valence-corrected chi connectivity index (χ4v) is 4.67. The Labute approximate surface area is 190 Å². The highest BCUT2D eigenvalue weighted by Crippen LogP contribution is 2.38. The topological polar surface area (TPSA) is 101 Å². The van der Waals surface area contributed by atoms with Gasteiger partial charge >= 0.3 is 0 Å². The second-order valence-electron chi connectivity index (χ2n) is 8.68. The van der Waals surface area contributed by atoms with Crippen LogP contribution < -0.4 is 10.2 Å². The van der Waals surface area contributed by atoms with Crippen molar-refractivity contribution in [3.63, 3.8) is 0 Å². The van der Waals surface area contributed by atoms with Crippen LogP contribution in [0.3, 0.4) is 0 Å². The van der Waals surface area contributed by atoms with Crippen LogP contribution in [0, 0.1) is 11.7 Å². The fourth-order valence-electron chi connectivity index (χ4n) is 4.67. The van der Waals surface area contributed by atoms with Crippen molar-refractivity contribution in [2.75, 3.05) is 11.4 Å². The maximum atomic E-state index is 13.3. The Kier molecular flexibility index (Phi) is 5.62. The van der Waals surface area contributed by atoms with Crippen LogP contribution in [0.1, 0.15) is 44.4 Å². The third-order valence-electron chi connectivity index (χ3n) is 6.46. The summed E-state index contributed by atoms with van der Waals surface area (Å²) < 4.78 is 18.9. The second-order valence-corrected chi connectivity index (χ2v) is 8.68. The molecule has 3 heterocycles. The first-order chi connectivity index (χ1) is 16.0. The molecule has 1 atom stereocenters. The van der Waals surface area contributed by atoms with Crippen molar-refractivity contribution in [1.82, 2.24) is 20.4 Å². The molecule has 33 heavy (non-hydrogen) atoms. The van der Waals surface area contributed by atoms with E-state index in [1.165, 1.54) is 17.0 Å². The first-order valence-corrected chi connectivity index (χ1v) is 11.2. The predicted octanol–water partition coefficient (Wildman–Crippen LogP) is 3.60. The molecule has 1 aromatic carbocycles. The Morgan fingerprint density at radius 1 is 1.15 bits per heavy atom. The molecule has 3 aromatic rings. The molecule has 2 fully saturated rings. The molecule has 2 aromatic heterocycles. The van der Waals surface area contributed by atoms with Crippen LogP contribution in [0.5, 0.6) is 0 Å². The lowest BCUT2D eigenvalue weighted by molar-refractivity contribution is -0.129. The number of halogens is 1. The number of hydrogen-bond acceptors (Lipinski definition) is 6. The molecule has 5 rings (SSSR count). The molecule has 0 unspecified atom stereocenters. The Balaban J connectivity index is 1.35. The van der Waals surface area contributed by atoms with Gasteiger partial charge in [0.1, 0.15) is 11.4 Å². The number of benzene rings is 1. The summed E-state index contributed by atoms with van der Waals surface area (Å²) in [6.07, 6.45) is 7.74. The average Bonchev–Trinajstić information content (AvgIpc) is 3.49.